The van der Waals surface area contributed by atoms with E-state index in [1.165, 1.54) is 12.1 Å². The van der Waals surface area contributed by atoms with E-state index in [2.05, 4.69) is 15.9 Å². The molecule has 0 nitrogen and oxygen atoms in total. The number of rotatable bonds is 0. The van der Waals surface area contributed by atoms with Crippen LogP contribution in [0.4, 0.5) is 13.2 Å². The summed E-state index contributed by atoms with van der Waals surface area (Å²) in [6, 6.07) is 4.17. The van der Waals surface area contributed by atoms with Crippen molar-refractivity contribution in [3.8, 4) is 0 Å². The lowest BCUT2D eigenvalue weighted by Gasteiger charge is -2.20. The monoisotopic (exact) mass is 280 g/mol. The van der Waals surface area contributed by atoms with Crippen molar-refractivity contribution >= 4 is 15.9 Å². The van der Waals surface area contributed by atoms with Crippen LogP contribution in [0.3, 0.4) is 0 Å². The molecule has 0 unspecified atom stereocenters. The first-order valence-corrected chi connectivity index (χ1v) is 5.29. The predicted octanol–water partition coefficient (Wildman–Crippen LogP) is 4.77. The van der Waals surface area contributed by atoms with Gasteiger partial charge in [0.25, 0.3) is 0 Å². The Morgan fingerprint density at radius 1 is 1.07 bits per heavy atom. The van der Waals surface area contributed by atoms with Gasteiger partial charge in [0, 0.05) is 4.47 Å². The summed E-state index contributed by atoms with van der Waals surface area (Å²) in [6.45, 7) is 5.88. The summed E-state index contributed by atoms with van der Waals surface area (Å²) in [5.74, 6) is 0. The van der Waals surface area contributed by atoms with Gasteiger partial charge < -0.3 is 0 Å². The molecule has 1 aromatic rings. The molecule has 0 saturated carbocycles. The number of alkyl halides is 3. The van der Waals surface area contributed by atoms with Crippen LogP contribution >= 0.6 is 15.9 Å². The molecule has 0 aromatic heterocycles. The zero-order valence-electron chi connectivity index (χ0n) is 8.74. The maximum atomic E-state index is 12.4. The lowest BCUT2D eigenvalue weighted by molar-refractivity contribution is -0.138. The fourth-order valence-electron chi connectivity index (χ4n) is 1.21. The van der Waals surface area contributed by atoms with Crippen molar-refractivity contribution in [2.45, 2.75) is 32.4 Å². The zero-order valence-corrected chi connectivity index (χ0v) is 10.3. The van der Waals surface area contributed by atoms with Crippen LogP contribution < -0.4 is 0 Å². The molecular formula is C11H12BrF3. The van der Waals surface area contributed by atoms with Crippen LogP contribution in [0.2, 0.25) is 0 Å². The smallest absolute Gasteiger partial charge is 0.166 e. The van der Waals surface area contributed by atoms with Gasteiger partial charge in [-0.05, 0) is 23.1 Å². The van der Waals surface area contributed by atoms with E-state index in [1.807, 2.05) is 20.8 Å². The Kier molecular flexibility index (Phi) is 3.19. The van der Waals surface area contributed by atoms with E-state index in [-0.39, 0.29) is 9.89 Å². The van der Waals surface area contributed by atoms with Crippen LogP contribution in [-0.4, -0.2) is 0 Å². The fraction of sp³-hybridized carbons (Fsp3) is 0.455. The van der Waals surface area contributed by atoms with Gasteiger partial charge in [-0.3, -0.25) is 0 Å². The van der Waals surface area contributed by atoms with Gasteiger partial charge in [-0.25, -0.2) is 0 Å². The second-order valence-corrected chi connectivity index (χ2v) is 5.30. The Balaban J connectivity index is 3.21. The summed E-state index contributed by atoms with van der Waals surface area (Å²) in [5, 5.41) is 0. The highest BCUT2D eigenvalue weighted by Gasteiger charge is 2.33. The van der Waals surface area contributed by atoms with E-state index < -0.39 is 11.7 Å². The van der Waals surface area contributed by atoms with Crippen molar-refractivity contribution in [2.75, 3.05) is 0 Å². The number of benzene rings is 1. The largest absolute Gasteiger partial charge is 0.417 e. The first-order valence-electron chi connectivity index (χ1n) is 4.49. The van der Waals surface area contributed by atoms with Crippen LogP contribution in [0, 0.1) is 0 Å². The molecule has 0 atom stereocenters. The molecular weight excluding hydrogens is 269 g/mol. The normalized spacial score (nSPS) is 13.0. The minimum absolute atomic E-state index is 0.0995. The summed E-state index contributed by atoms with van der Waals surface area (Å²) in [6.07, 6.45) is -4.30. The maximum absolute atomic E-state index is 12.4. The number of halogens is 4. The Morgan fingerprint density at radius 2 is 1.60 bits per heavy atom. The van der Waals surface area contributed by atoms with E-state index in [0.717, 1.165) is 11.6 Å². The second-order valence-electron chi connectivity index (χ2n) is 4.44. The molecule has 0 aliphatic rings. The van der Waals surface area contributed by atoms with Gasteiger partial charge in [-0.15, -0.1) is 0 Å². The molecule has 0 bridgehead atoms. The topological polar surface area (TPSA) is 0 Å². The first kappa shape index (κ1) is 12.6. The third kappa shape index (κ3) is 2.97. The van der Waals surface area contributed by atoms with Crippen molar-refractivity contribution in [3.63, 3.8) is 0 Å². The van der Waals surface area contributed by atoms with E-state index in [1.54, 1.807) is 0 Å². The molecule has 0 radical (unpaired) electrons. The van der Waals surface area contributed by atoms with Crippen molar-refractivity contribution < 1.29 is 13.2 Å². The Hall–Kier alpha value is -0.510. The van der Waals surface area contributed by atoms with Crippen molar-refractivity contribution in [3.05, 3.63) is 33.8 Å². The van der Waals surface area contributed by atoms with E-state index in [9.17, 15) is 13.2 Å². The summed E-state index contributed by atoms with van der Waals surface area (Å²) in [7, 11) is 0. The van der Waals surface area contributed by atoms with Crippen LogP contribution in [0.5, 0.6) is 0 Å². The minimum Gasteiger partial charge on any atom is -0.166 e. The third-order valence-corrected chi connectivity index (χ3v) is 2.80. The maximum Gasteiger partial charge on any atom is 0.417 e. The average molecular weight is 281 g/mol. The van der Waals surface area contributed by atoms with Crippen LogP contribution in [0.1, 0.15) is 31.9 Å². The lowest BCUT2D eigenvalue weighted by atomic mass is 9.87. The van der Waals surface area contributed by atoms with E-state index in [0.29, 0.717) is 0 Å². The Bertz CT molecular complexity index is 361. The van der Waals surface area contributed by atoms with E-state index in [4.69, 9.17) is 0 Å². The van der Waals surface area contributed by atoms with E-state index >= 15 is 0 Å². The summed E-state index contributed by atoms with van der Waals surface area (Å²) >= 11 is 2.96. The Morgan fingerprint density at radius 3 is 1.93 bits per heavy atom. The molecule has 0 N–H and O–H groups in total. The third-order valence-electron chi connectivity index (χ3n) is 2.14. The van der Waals surface area contributed by atoms with Crippen molar-refractivity contribution in [1.29, 1.82) is 0 Å². The molecule has 0 fully saturated rings. The summed E-state index contributed by atoms with van der Waals surface area (Å²) in [5.41, 5.74) is 0.102. The number of hydrogen-bond acceptors (Lipinski definition) is 0. The standard InChI is InChI=1S/C11H12BrF3/c1-10(2,3)7-4-5-8(9(12)6-7)11(13,14)15/h4-6H,1-3H3. The minimum atomic E-state index is -4.30. The van der Waals surface area contributed by atoms with Crippen molar-refractivity contribution in [2.24, 2.45) is 0 Å². The predicted molar refractivity (Wildman–Crippen MR) is 57.8 cm³/mol. The highest BCUT2D eigenvalue weighted by molar-refractivity contribution is 9.10. The zero-order chi connectivity index (χ0) is 11.9. The van der Waals surface area contributed by atoms with Crippen LogP contribution in [-0.2, 0) is 11.6 Å². The van der Waals surface area contributed by atoms with Crippen LogP contribution in [0.15, 0.2) is 22.7 Å². The van der Waals surface area contributed by atoms with Crippen molar-refractivity contribution in [1.82, 2.24) is 0 Å². The molecule has 1 aromatic carbocycles. The molecule has 0 spiro atoms. The van der Waals surface area contributed by atoms with Gasteiger partial charge in [0.15, 0.2) is 0 Å². The van der Waals surface area contributed by atoms with Crippen LogP contribution in [0.25, 0.3) is 0 Å². The van der Waals surface area contributed by atoms with Gasteiger partial charge in [0.05, 0.1) is 5.56 Å². The SMILES string of the molecule is CC(C)(C)c1ccc(C(F)(F)F)c(Br)c1. The quantitative estimate of drug-likeness (QED) is 0.642. The molecule has 0 saturated heterocycles. The molecule has 0 aliphatic heterocycles. The van der Waals surface area contributed by atoms with Gasteiger partial charge in [-0.2, -0.15) is 13.2 Å². The molecule has 84 valence electrons. The Labute approximate surface area is 95.6 Å². The summed E-state index contributed by atoms with van der Waals surface area (Å²) < 4.78 is 37.4. The van der Waals surface area contributed by atoms with Gasteiger partial charge in [-0.1, -0.05) is 42.8 Å². The van der Waals surface area contributed by atoms with Gasteiger partial charge in [0.1, 0.15) is 0 Å². The molecule has 15 heavy (non-hydrogen) atoms. The second kappa shape index (κ2) is 3.81. The number of hydrogen-bond donors (Lipinski definition) is 0. The summed E-state index contributed by atoms with van der Waals surface area (Å²) in [4.78, 5) is 0. The molecule has 0 aliphatic carbocycles. The fourth-order valence-corrected chi connectivity index (χ4v) is 1.82. The lowest BCUT2D eigenvalue weighted by Crippen LogP contribution is -2.13. The average Bonchev–Trinajstić information content (AvgIpc) is 1.99. The molecule has 1 rings (SSSR count). The highest BCUT2D eigenvalue weighted by Crippen LogP contribution is 2.36. The first-order chi connectivity index (χ1) is 6.62. The van der Waals surface area contributed by atoms with Gasteiger partial charge in [0.2, 0.25) is 0 Å². The molecule has 0 heterocycles. The van der Waals surface area contributed by atoms with Gasteiger partial charge >= 0.3 is 6.18 Å². The molecule has 4 heteroatoms. The highest BCUT2D eigenvalue weighted by atomic mass is 79.9. The molecule has 0 amide bonds.